The molecule has 2 rings (SSSR count). The average molecular weight is 288 g/mol. The number of aromatic nitrogens is 1. The van der Waals surface area contributed by atoms with Gasteiger partial charge in [0, 0.05) is 11.6 Å². The quantitative estimate of drug-likeness (QED) is 0.815. The molecule has 6 heteroatoms. The molecule has 0 aliphatic rings. The highest BCUT2D eigenvalue weighted by Gasteiger charge is 2.30. The van der Waals surface area contributed by atoms with E-state index in [1.807, 2.05) is 0 Å². The molecule has 0 fully saturated rings. The van der Waals surface area contributed by atoms with Gasteiger partial charge in [0.25, 0.3) is 0 Å². The molecule has 0 unspecified atom stereocenters. The number of rotatable bonds is 2. The molecule has 100 valence electrons. The summed E-state index contributed by atoms with van der Waals surface area (Å²) in [6.45, 7) is 0. The minimum absolute atomic E-state index is 0.235. The standard InChI is InChI=1S/C13H9ClF3NO/c1-19-10-6-11(14)12(18-7-10)8-3-2-4-9(5-8)13(15,16)17/h2-7H,1H3. The number of alkyl halides is 3. The third kappa shape index (κ3) is 2.98. The molecule has 0 amide bonds. The molecule has 0 spiro atoms. The van der Waals surface area contributed by atoms with Gasteiger partial charge in [0.15, 0.2) is 0 Å². The average Bonchev–Trinajstić information content (AvgIpc) is 2.37. The Kier molecular flexibility index (Phi) is 3.66. The van der Waals surface area contributed by atoms with Gasteiger partial charge in [-0.2, -0.15) is 13.2 Å². The lowest BCUT2D eigenvalue weighted by Crippen LogP contribution is -2.04. The molecule has 0 aliphatic carbocycles. The first-order chi connectivity index (χ1) is 8.91. The van der Waals surface area contributed by atoms with Crippen molar-refractivity contribution in [2.45, 2.75) is 6.18 Å². The summed E-state index contributed by atoms with van der Waals surface area (Å²) in [5.74, 6) is 0.445. The third-order valence-corrected chi connectivity index (χ3v) is 2.80. The Hall–Kier alpha value is -1.75. The smallest absolute Gasteiger partial charge is 0.416 e. The van der Waals surface area contributed by atoms with E-state index >= 15 is 0 Å². The van der Waals surface area contributed by atoms with Crippen LogP contribution in [0.2, 0.25) is 5.02 Å². The van der Waals surface area contributed by atoms with E-state index in [-0.39, 0.29) is 10.7 Å². The van der Waals surface area contributed by atoms with Crippen molar-refractivity contribution in [3.63, 3.8) is 0 Å². The molecule has 0 aliphatic heterocycles. The summed E-state index contributed by atoms with van der Waals surface area (Å²) in [5, 5.41) is 0.235. The maximum atomic E-state index is 12.6. The second-order valence-corrected chi connectivity index (χ2v) is 4.19. The van der Waals surface area contributed by atoms with Crippen LogP contribution in [0.3, 0.4) is 0 Å². The van der Waals surface area contributed by atoms with E-state index in [1.54, 1.807) is 0 Å². The van der Waals surface area contributed by atoms with Crippen LogP contribution in [0.1, 0.15) is 5.56 Å². The van der Waals surface area contributed by atoms with E-state index in [0.29, 0.717) is 11.3 Å². The van der Waals surface area contributed by atoms with Crippen molar-refractivity contribution in [3.8, 4) is 17.0 Å². The minimum atomic E-state index is -4.39. The highest BCUT2D eigenvalue weighted by atomic mass is 35.5. The Bertz CT molecular complexity index is 599. The predicted octanol–water partition coefficient (Wildman–Crippen LogP) is 4.43. The zero-order valence-electron chi connectivity index (χ0n) is 9.83. The summed E-state index contributed by atoms with van der Waals surface area (Å²) in [6.07, 6.45) is -2.99. The van der Waals surface area contributed by atoms with Gasteiger partial charge in [-0.1, -0.05) is 23.7 Å². The van der Waals surface area contributed by atoms with Gasteiger partial charge in [-0.05, 0) is 12.1 Å². The number of benzene rings is 1. The second kappa shape index (κ2) is 5.09. The number of pyridine rings is 1. The topological polar surface area (TPSA) is 22.1 Å². The molecule has 0 N–H and O–H groups in total. The number of ether oxygens (including phenoxy) is 1. The molecule has 2 aromatic rings. The first kappa shape index (κ1) is 13.7. The Labute approximate surface area is 112 Å². The molecule has 0 saturated carbocycles. The fourth-order valence-electron chi connectivity index (χ4n) is 1.59. The zero-order valence-corrected chi connectivity index (χ0v) is 10.6. The highest BCUT2D eigenvalue weighted by molar-refractivity contribution is 6.33. The van der Waals surface area contributed by atoms with E-state index in [4.69, 9.17) is 16.3 Å². The van der Waals surface area contributed by atoms with E-state index in [0.717, 1.165) is 12.1 Å². The van der Waals surface area contributed by atoms with E-state index in [2.05, 4.69) is 4.98 Å². The number of hydrogen-bond acceptors (Lipinski definition) is 2. The van der Waals surface area contributed by atoms with Gasteiger partial charge in [0.2, 0.25) is 0 Å². The van der Waals surface area contributed by atoms with Crippen LogP contribution in [0, 0.1) is 0 Å². The molecule has 1 aromatic heterocycles. The van der Waals surface area contributed by atoms with E-state index < -0.39 is 11.7 Å². The van der Waals surface area contributed by atoms with Crippen LogP contribution in [0.5, 0.6) is 5.75 Å². The van der Waals surface area contributed by atoms with E-state index in [1.165, 1.54) is 31.5 Å². The molecule has 19 heavy (non-hydrogen) atoms. The summed E-state index contributed by atoms with van der Waals surface area (Å²) in [5.41, 5.74) is -0.144. The monoisotopic (exact) mass is 287 g/mol. The lowest BCUT2D eigenvalue weighted by molar-refractivity contribution is -0.137. The summed E-state index contributed by atoms with van der Waals surface area (Å²) in [7, 11) is 1.46. The van der Waals surface area contributed by atoms with Crippen molar-refractivity contribution in [1.29, 1.82) is 0 Å². The van der Waals surface area contributed by atoms with Crippen molar-refractivity contribution < 1.29 is 17.9 Å². The van der Waals surface area contributed by atoms with Crippen LogP contribution in [-0.4, -0.2) is 12.1 Å². The second-order valence-electron chi connectivity index (χ2n) is 3.78. The molecule has 0 saturated heterocycles. The number of nitrogens with zero attached hydrogens (tertiary/aromatic N) is 1. The fourth-order valence-corrected chi connectivity index (χ4v) is 1.85. The largest absolute Gasteiger partial charge is 0.495 e. The van der Waals surface area contributed by atoms with Crippen molar-refractivity contribution in [2.75, 3.05) is 7.11 Å². The minimum Gasteiger partial charge on any atom is -0.495 e. The van der Waals surface area contributed by atoms with Crippen molar-refractivity contribution in [3.05, 3.63) is 47.1 Å². The normalized spacial score (nSPS) is 11.4. The van der Waals surface area contributed by atoms with E-state index in [9.17, 15) is 13.2 Å². The summed E-state index contributed by atoms with van der Waals surface area (Å²) in [6, 6.07) is 6.36. The van der Waals surface area contributed by atoms with Crippen LogP contribution < -0.4 is 4.74 Å². The molecular weight excluding hydrogens is 279 g/mol. The lowest BCUT2D eigenvalue weighted by atomic mass is 10.1. The van der Waals surface area contributed by atoms with Crippen molar-refractivity contribution in [1.82, 2.24) is 4.98 Å². The van der Waals surface area contributed by atoms with Gasteiger partial charge in [-0.25, -0.2) is 0 Å². The summed E-state index contributed by atoms with van der Waals surface area (Å²) < 4.78 is 42.8. The summed E-state index contributed by atoms with van der Waals surface area (Å²) in [4.78, 5) is 4.02. The maximum Gasteiger partial charge on any atom is 0.416 e. The first-order valence-corrected chi connectivity index (χ1v) is 5.67. The molecular formula is C13H9ClF3NO. The fraction of sp³-hybridized carbons (Fsp3) is 0.154. The Morgan fingerprint density at radius 2 is 1.95 bits per heavy atom. The van der Waals surface area contributed by atoms with Crippen LogP contribution in [0.15, 0.2) is 36.5 Å². The Morgan fingerprint density at radius 1 is 1.21 bits per heavy atom. The predicted molar refractivity (Wildman–Crippen MR) is 66.2 cm³/mol. The number of halogens is 4. The van der Waals surface area contributed by atoms with Gasteiger partial charge in [-0.3, -0.25) is 4.98 Å². The zero-order chi connectivity index (χ0) is 14.0. The molecule has 0 bridgehead atoms. The van der Waals surface area contributed by atoms with Gasteiger partial charge in [-0.15, -0.1) is 0 Å². The first-order valence-electron chi connectivity index (χ1n) is 5.29. The highest BCUT2D eigenvalue weighted by Crippen LogP contribution is 2.34. The van der Waals surface area contributed by atoms with Gasteiger partial charge < -0.3 is 4.74 Å². The third-order valence-electron chi connectivity index (χ3n) is 2.52. The van der Waals surface area contributed by atoms with Gasteiger partial charge in [0.05, 0.1) is 29.6 Å². The van der Waals surface area contributed by atoms with Gasteiger partial charge >= 0.3 is 6.18 Å². The van der Waals surface area contributed by atoms with Crippen LogP contribution in [-0.2, 0) is 6.18 Å². The summed E-state index contributed by atoms with van der Waals surface area (Å²) >= 11 is 5.99. The molecule has 0 atom stereocenters. The van der Waals surface area contributed by atoms with Crippen LogP contribution in [0.4, 0.5) is 13.2 Å². The Morgan fingerprint density at radius 3 is 2.53 bits per heavy atom. The molecule has 1 heterocycles. The molecule has 1 aromatic carbocycles. The van der Waals surface area contributed by atoms with Crippen LogP contribution in [0.25, 0.3) is 11.3 Å². The molecule has 2 nitrogen and oxygen atoms in total. The van der Waals surface area contributed by atoms with Crippen molar-refractivity contribution >= 4 is 11.6 Å². The Balaban J connectivity index is 2.48. The van der Waals surface area contributed by atoms with Crippen molar-refractivity contribution in [2.24, 2.45) is 0 Å². The van der Waals surface area contributed by atoms with Gasteiger partial charge in [0.1, 0.15) is 5.75 Å². The number of methoxy groups -OCH3 is 1. The SMILES string of the molecule is COc1cnc(-c2cccc(C(F)(F)F)c2)c(Cl)c1. The number of hydrogen-bond donors (Lipinski definition) is 0. The molecule has 0 radical (unpaired) electrons. The maximum absolute atomic E-state index is 12.6. The lowest BCUT2D eigenvalue weighted by Gasteiger charge is -2.10. The van der Waals surface area contributed by atoms with Crippen LogP contribution >= 0.6 is 11.6 Å².